The molecular formula is C20H27N3O2. The van der Waals surface area contributed by atoms with Crippen molar-refractivity contribution < 1.29 is 9.84 Å². The molecular weight excluding hydrogens is 314 g/mol. The molecule has 1 aromatic carbocycles. The summed E-state index contributed by atoms with van der Waals surface area (Å²) in [7, 11) is 0. The lowest BCUT2D eigenvalue weighted by Gasteiger charge is -2.35. The Morgan fingerprint density at radius 3 is 2.88 bits per heavy atom. The lowest BCUT2D eigenvalue weighted by Crippen LogP contribution is -2.52. The Bertz CT molecular complexity index is 650. The molecule has 5 heteroatoms. The Labute approximate surface area is 149 Å². The third-order valence-electron chi connectivity index (χ3n) is 4.58. The Morgan fingerprint density at radius 2 is 2.08 bits per heavy atom. The standard InChI is InChI=1S/C20H27N3O2/c1-15-6-4-7-16(14-15)25-18-9-5-8-17(20(18)24)21-12-13-23-19-10-2-3-11-22-19/h2-4,6-7,10-11,14,17-18,20-21,24H,5,8-9,12-13H2,1H3,(H,22,23)/t17-,18+,20+/m0/s1. The number of ether oxygens (including phenoxy) is 1. The van der Waals surface area contributed by atoms with Crippen molar-refractivity contribution in [2.75, 3.05) is 18.4 Å². The number of nitrogens with zero attached hydrogens (tertiary/aromatic N) is 1. The number of aromatic nitrogens is 1. The summed E-state index contributed by atoms with van der Waals surface area (Å²) in [5, 5.41) is 17.4. The third kappa shape index (κ3) is 5.18. The average molecular weight is 341 g/mol. The fourth-order valence-electron chi connectivity index (χ4n) is 3.27. The van der Waals surface area contributed by atoms with Gasteiger partial charge in [-0.1, -0.05) is 18.2 Å². The highest BCUT2D eigenvalue weighted by Gasteiger charge is 2.32. The van der Waals surface area contributed by atoms with Gasteiger partial charge in [0.1, 0.15) is 23.8 Å². The summed E-state index contributed by atoms with van der Waals surface area (Å²) in [6, 6.07) is 13.9. The van der Waals surface area contributed by atoms with Crippen LogP contribution in [0.15, 0.2) is 48.7 Å². The average Bonchev–Trinajstić information content (AvgIpc) is 2.62. The number of anilines is 1. The molecule has 1 fully saturated rings. The summed E-state index contributed by atoms with van der Waals surface area (Å²) in [5.74, 6) is 1.70. The topological polar surface area (TPSA) is 66.4 Å². The summed E-state index contributed by atoms with van der Waals surface area (Å²) in [4.78, 5) is 4.24. The van der Waals surface area contributed by atoms with Crippen LogP contribution in [-0.4, -0.2) is 41.4 Å². The van der Waals surface area contributed by atoms with Gasteiger partial charge in [-0.25, -0.2) is 4.98 Å². The summed E-state index contributed by atoms with van der Waals surface area (Å²) < 4.78 is 6.04. The van der Waals surface area contributed by atoms with Gasteiger partial charge in [0.2, 0.25) is 0 Å². The van der Waals surface area contributed by atoms with E-state index in [0.29, 0.717) is 0 Å². The van der Waals surface area contributed by atoms with Crippen LogP contribution in [-0.2, 0) is 0 Å². The van der Waals surface area contributed by atoms with Gasteiger partial charge in [-0.3, -0.25) is 0 Å². The van der Waals surface area contributed by atoms with Crippen LogP contribution in [0, 0.1) is 6.92 Å². The Kier molecular flexibility index (Phi) is 6.25. The van der Waals surface area contributed by atoms with Gasteiger partial charge in [0.25, 0.3) is 0 Å². The SMILES string of the molecule is Cc1cccc(O[C@@H]2CCC[C@H](NCCNc3ccccn3)[C@H]2O)c1. The second-order valence-corrected chi connectivity index (χ2v) is 6.60. The molecule has 1 heterocycles. The van der Waals surface area contributed by atoms with Crippen LogP contribution < -0.4 is 15.4 Å². The number of aliphatic hydroxyl groups is 1. The minimum atomic E-state index is -0.496. The normalized spacial score (nSPS) is 23.2. The molecule has 1 saturated carbocycles. The van der Waals surface area contributed by atoms with Crippen LogP contribution in [0.2, 0.25) is 0 Å². The van der Waals surface area contributed by atoms with E-state index in [-0.39, 0.29) is 12.1 Å². The molecule has 0 spiro atoms. The fraction of sp³-hybridized carbons (Fsp3) is 0.450. The Hall–Kier alpha value is -2.11. The third-order valence-corrected chi connectivity index (χ3v) is 4.58. The molecule has 5 nitrogen and oxygen atoms in total. The second-order valence-electron chi connectivity index (χ2n) is 6.60. The van der Waals surface area contributed by atoms with Crippen LogP contribution in [0.5, 0.6) is 5.75 Å². The number of hydrogen-bond acceptors (Lipinski definition) is 5. The van der Waals surface area contributed by atoms with Gasteiger partial charge in [-0.2, -0.15) is 0 Å². The molecule has 0 unspecified atom stereocenters. The zero-order chi connectivity index (χ0) is 17.5. The van der Waals surface area contributed by atoms with Crippen LogP contribution in [0.25, 0.3) is 0 Å². The van der Waals surface area contributed by atoms with Crippen molar-refractivity contribution in [3.8, 4) is 5.75 Å². The van der Waals surface area contributed by atoms with Crippen LogP contribution in [0.3, 0.4) is 0 Å². The number of aliphatic hydroxyl groups excluding tert-OH is 1. The summed E-state index contributed by atoms with van der Waals surface area (Å²) in [6.07, 6.45) is 4.03. The van der Waals surface area contributed by atoms with E-state index in [2.05, 4.69) is 15.6 Å². The quantitative estimate of drug-likeness (QED) is 0.676. The monoisotopic (exact) mass is 341 g/mol. The van der Waals surface area contributed by atoms with Gasteiger partial charge >= 0.3 is 0 Å². The lowest BCUT2D eigenvalue weighted by atomic mass is 9.90. The largest absolute Gasteiger partial charge is 0.488 e. The van der Waals surface area contributed by atoms with Crippen molar-refractivity contribution >= 4 is 5.82 Å². The number of rotatable bonds is 7. The molecule has 0 radical (unpaired) electrons. The Morgan fingerprint density at radius 1 is 1.16 bits per heavy atom. The highest BCUT2D eigenvalue weighted by Crippen LogP contribution is 2.25. The number of benzene rings is 1. The van der Waals surface area contributed by atoms with Gasteiger partial charge in [0.15, 0.2) is 0 Å². The second kappa shape index (κ2) is 8.83. The zero-order valence-corrected chi connectivity index (χ0v) is 14.7. The smallest absolute Gasteiger partial charge is 0.126 e. The highest BCUT2D eigenvalue weighted by molar-refractivity contribution is 5.32. The van der Waals surface area contributed by atoms with Gasteiger partial charge in [0.05, 0.1) is 0 Å². The minimum Gasteiger partial charge on any atom is -0.488 e. The van der Waals surface area contributed by atoms with Gasteiger partial charge in [-0.05, 0) is 56.0 Å². The molecule has 0 aliphatic heterocycles. The van der Waals surface area contributed by atoms with Crippen molar-refractivity contribution in [3.05, 3.63) is 54.2 Å². The van der Waals surface area contributed by atoms with E-state index in [1.807, 2.05) is 49.4 Å². The van der Waals surface area contributed by atoms with E-state index in [1.54, 1.807) is 6.20 Å². The van der Waals surface area contributed by atoms with Crippen molar-refractivity contribution in [2.24, 2.45) is 0 Å². The first-order valence-electron chi connectivity index (χ1n) is 9.02. The number of hydrogen-bond donors (Lipinski definition) is 3. The molecule has 0 saturated heterocycles. The predicted molar refractivity (Wildman–Crippen MR) is 100.0 cm³/mol. The molecule has 3 rings (SSSR count). The van der Waals surface area contributed by atoms with E-state index in [0.717, 1.165) is 49.5 Å². The van der Waals surface area contributed by atoms with Crippen LogP contribution >= 0.6 is 0 Å². The fourth-order valence-corrected chi connectivity index (χ4v) is 3.27. The molecule has 0 amide bonds. The van der Waals surface area contributed by atoms with Crippen LogP contribution in [0.4, 0.5) is 5.82 Å². The van der Waals surface area contributed by atoms with Crippen molar-refractivity contribution in [3.63, 3.8) is 0 Å². The maximum atomic E-state index is 10.7. The molecule has 1 aromatic heterocycles. The first-order valence-corrected chi connectivity index (χ1v) is 9.02. The number of aryl methyl sites for hydroxylation is 1. The summed E-state index contributed by atoms with van der Waals surface area (Å²) >= 11 is 0. The van der Waals surface area contributed by atoms with Crippen molar-refractivity contribution in [2.45, 2.75) is 44.4 Å². The molecule has 0 bridgehead atoms. The highest BCUT2D eigenvalue weighted by atomic mass is 16.5. The van der Waals surface area contributed by atoms with E-state index < -0.39 is 6.10 Å². The molecule has 134 valence electrons. The van der Waals surface area contributed by atoms with E-state index in [1.165, 1.54) is 0 Å². The lowest BCUT2D eigenvalue weighted by molar-refractivity contribution is -0.0149. The number of pyridine rings is 1. The predicted octanol–water partition coefficient (Wildman–Crippen LogP) is 2.75. The van der Waals surface area contributed by atoms with E-state index >= 15 is 0 Å². The van der Waals surface area contributed by atoms with Crippen molar-refractivity contribution in [1.29, 1.82) is 0 Å². The molecule has 2 aromatic rings. The summed E-state index contributed by atoms with van der Waals surface area (Å²) in [5.41, 5.74) is 1.16. The zero-order valence-electron chi connectivity index (χ0n) is 14.7. The van der Waals surface area contributed by atoms with Gasteiger partial charge < -0.3 is 20.5 Å². The molecule has 3 N–H and O–H groups in total. The van der Waals surface area contributed by atoms with E-state index in [9.17, 15) is 5.11 Å². The maximum Gasteiger partial charge on any atom is 0.126 e. The molecule has 3 atom stereocenters. The van der Waals surface area contributed by atoms with Gasteiger partial charge in [-0.15, -0.1) is 0 Å². The molecule has 1 aliphatic rings. The van der Waals surface area contributed by atoms with Crippen molar-refractivity contribution in [1.82, 2.24) is 10.3 Å². The van der Waals surface area contributed by atoms with E-state index in [4.69, 9.17) is 4.74 Å². The van der Waals surface area contributed by atoms with Crippen LogP contribution in [0.1, 0.15) is 24.8 Å². The first kappa shape index (κ1) is 17.7. The Balaban J connectivity index is 1.45. The van der Waals surface area contributed by atoms with Gasteiger partial charge in [0, 0.05) is 25.3 Å². The minimum absolute atomic E-state index is 0.0640. The number of nitrogens with one attached hydrogen (secondary N) is 2. The maximum absolute atomic E-state index is 10.7. The summed E-state index contributed by atoms with van der Waals surface area (Å²) in [6.45, 7) is 3.59. The molecule has 1 aliphatic carbocycles. The first-order chi connectivity index (χ1) is 12.2. The molecule has 25 heavy (non-hydrogen) atoms.